The highest BCUT2D eigenvalue weighted by Crippen LogP contribution is 2.29. The van der Waals surface area contributed by atoms with E-state index in [1.807, 2.05) is 12.1 Å². The molecule has 0 atom stereocenters. The summed E-state index contributed by atoms with van der Waals surface area (Å²) in [4.78, 5) is 16.2. The lowest BCUT2D eigenvalue weighted by atomic mass is 10.3. The van der Waals surface area contributed by atoms with Gasteiger partial charge in [0.25, 0.3) is 5.91 Å². The van der Waals surface area contributed by atoms with Crippen molar-refractivity contribution >= 4 is 44.2 Å². The molecule has 1 aromatic heterocycles. The van der Waals surface area contributed by atoms with E-state index in [0.717, 1.165) is 16.0 Å². The van der Waals surface area contributed by atoms with Crippen molar-refractivity contribution in [2.45, 2.75) is 0 Å². The van der Waals surface area contributed by atoms with Gasteiger partial charge in [0, 0.05) is 6.07 Å². The van der Waals surface area contributed by atoms with Crippen LogP contribution in [0.3, 0.4) is 0 Å². The smallest absolute Gasteiger partial charge is 0.264 e. The number of halogens is 2. The third-order valence-electron chi connectivity index (χ3n) is 3.10. The molecule has 1 N–H and O–H groups in total. The van der Waals surface area contributed by atoms with E-state index in [2.05, 4.69) is 10.3 Å². The molecule has 0 aliphatic heterocycles. The van der Waals surface area contributed by atoms with E-state index in [1.54, 1.807) is 13.2 Å². The topological polar surface area (TPSA) is 60.5 Å². The lowest BCUT2D eigenvalue weighted by Crippen LogP contribution is -2.20. The van der Waals surface area contributed by atoms with Crippen molar-refractivity contribution in [1.82, 2.24) is 4.98 Å². The SMILES string of the molecule is COc1ccc2nc(NC(=O)COc3ccc(F)c(Cl)c3)sc2c1. The summed E-state index contributed by atoms with van der Waals surface area (Å²) in [6, 6.07) is 9.36. The second-order valence-electron chi connectivity index (χ2n) is 4.77. The average Bonchev–Trinajstić information content (AvgIpc) is 2.97. The number of carbonyl (C=O) groups is 1. The van der Waals surface area contributed by atoms with Crippen molar-refractivity contribution in [3.63, 3.8) is 0 Å². The Hall–Kier alpha value is -2.38. The second kappa shape index (κ2) is 7.02. The Morgan fingerprint density at radius 3 is 2.83 bits per heavy atom. The molecule has 0 saturated heterocycles. The molecule has 8 heteroatoms. The Bertz CT molecular complexity index is 900. The predicted molar refractivity (Wildman–Crippen MR) is 91.7 cm³/mol. The van der Waals surface area contributed by atoms with Gasteiger partial charge >= 0.3 is 0 Å². The minimum Gasteiger partial charge on any atom is -0.497 e. The summed E-state index contributed by atoms with van der Waals surface area (Å²) in [5.41, 5.74) is 0.766. The zero-order valence-corrected chi connectivity index (χ0v) is 14.1. The number of anilines is 1. The Labute approximate surface area is 146 Å². The van der Waals surface area contributed by atoms with Crippen molar-refractivity contribution in [3.8, 4) is 11.5 Å². The molecule has 1 heterocycles. The van der Waals surface area contributed by atoms with Gasteiger partial charge in [-0.3, -0.25) is 10.1 Å². The van der Waals surface area contributed by atoms with Crippen LogP contribution < -0.4 is 14.8 Å². The Balaban J connectivity index is 1.63. The highest BCUT2D eigenvalue weighted by atomic mass is 35.5. The first-order valence-electron chi connectivity index (χ1n) is 6.87. The number of fused-ring (bicyclic) bond motifs is 1. The summed E-state index contributed by atoms with van der Waals surface area (Å²) in [6.07, 6.45) is 0. The lowest BCUT2D eigenvalue weighted by Gasteiger charge is -2.06. The van der Waals surface area contributed by atoms with Crippen LogP contribution in [0.4, 0.5) is 9.52 Å². The summed E-state index contributed by atoms with van der Waals surface area (Å²) in [7, 11) is 1.59. The molecular formula is C16H12ClFN2O3S. The predicted octanol–water partition coefficient (Wildman–Crippen LogP) is 4.11. The van der Waals surface area contributed by atoms with Crippen LogP contribution in [0.1, 0.15) is 0 Å². The van der Waals surface area contributed by atoms with E-state index in [0.29, 0.717) is 10.9 Å². The van der Waals surface area contributed by atoms with Crippen LogP contribution in [-0.2, 0) is 4.79 Å². The number of methoxy groups -OCH3 is 1. The summed E-state index contributed by atoms with van der Waals surface area (Å²) in [5, 5.41) is 3.06. The fraction of sp³-hybridized carbons (Fsp3) is 0.125. The largest absolute Gasteiger partial charge is 0.497 e. The van der Waals surface area contributed by atoms with E-state index in [4.69, 9.17) is 21.1 Å². The number of benzene rings is 2. The molecule has 5 nitrogen and oxygen atoms in total. The molecule has 0 bridgehead atoms. The van der Waals surface area contributed by atoms with E-state index in [1.165, 1.54) is 29.5 Å². The molecule has 0 fully saturated rings. The molecule has 0 unspecified atom stereocenters. The van der Waals surface area contributed by atoms with Crippen LogP contribution in [0.5, 0.6) is 11.5 Å². The molecule has 3 aromatic rings. The average molecular weight is 367 g/mol. The van der Waals surface area contributed by atoms with Gasteiger partial charge < -0.3 is 9.47 Å². The Kier molecular flexibility index (Phi) is 4.82. The number of amides is 1. The van der Waals surface area contributed by atoms with Gasteiger partial charge in [0.1, 0.15) is 17.3 Å². The van der Waals surface area contributed by atoms with Gasteiger partial charge in [-0.1, -0.05) is 22.9 Å². The zero-order valence-electron chi connectivity index (χ0n) is 12.5. The van der Waals surface area contributed by atoms with Crippen LogP contribution in [0, 0.1) is 5.82 Å². The number of ether oxygens (including phenoxy) is 2. The number of rotatable bonds is 5. The molecule has 0 radical (unpaired) electrons. The van der Waals surface area contributed by atoms with Crippen molar-refractivity contribution in [1.29, 1.82) is 0 Å². The summed E-state index contributed by atoms with van der Waals surface area (Å²) in [5.74, 6) is 0.117. The van der Waals surface area contributed by atoms with Crippen molar-refractivity contribution in [2.75, 3.05) is 19.0 Å². The number of nitrogens with zero attached hydrogens (tertiary/aromatic N) is 1. The normalized spacial score (nSPS) is 10.6. The molecule has 3 rings (SSSR count). The maximum atomic E-state index is 13.1. The maximum Gasteiger partial charge on any atom is 0.264 e. The van der Waals surface area contributed by atoms with Gasteiger partial charge in [0.05, 0.1) is 22.3 Å². The van der Waals surface area contributed by atoms with Gasteiger partial charge in [0.15, 0.2) is 11.7 Å². The summed E-state index contributed by atoms with van der Waals surface area (Å²) >= 11 is 6.99. The van der Waals surface area contributed by atoms with Gasteiger partial charge in [-0.2, -0.15) is 0 Å². The minimum atomic E-state index is -0.543. The molecular weight excluding hydrogens is 355 g/mol. The number of hydrogen-bond acceptors (Lipinski definition) is 5. The molecule has 1 amide bonds. The van der Waals surface area contributed by atoms with Gasteiger partial charge in [-0.15, -0.1) is 0 Å². The summed E-state index contributed by atoms with van der Waals surface area (Å²) < 4.78 is 24.4. The highest BCUT2D eigenvalue weighted by molar-refractivity contribution is 7.22. The second-order valence-corrected chi connectivity index (χ2v) is 6.20. The fourth-order valence-corrected chi connectivity index (χ4v) is 3.04. The first-order valence-corrected chi connectivity index (χ1v) is 8.07. The van der Waals surface area contributed by atoms with Crippen molar-refractivity contribution in [2.24, 2.45) is 0 Å². The van der Waals surface area contributed by atoms with Crippen LogP contribution in [0.2, 0.25) is 5.02 Å². The molecule has 0 spiro atoms. The number of aromatic nitrogens is 1. The molecule has 2 aromatic carbocycles. The van der Waals surface area contributed by atoms with Gasteiger partial charge in [-0.25, -0.2) is 9.37 Å². The molecule has 0 saturated carbocycles. The first kappa shape index (κ1) is 16.5. The molecule has 0 aliphatic rings. The van der Waals surface area contributed by atoms with Crippen molar-refractivity contribution < 1.29 is 18.7 Å². The minimum absolute atomic E-state index is 0.0620. The Morgan fingerprint density at radius 1 is 1.29 bits per heavy atom. The molecule has 0 aliphatic carbocycles. The first-order chi connectivity index (χ1) is 11.5. The lowest BCUT2D eigenvalue weighted by molar-refractivity contribution is -0.118. The van der Waals surface area contributed by atoms with E-state index < -0.39 is 5.82 Å². The number of thiazole rings is 1. The van der Waals surface area contributed by atoms with Crippen LogP contribution >= 0.6 is 22.9 Å². The third kappa shape index (κ3) is 3.74. The number of hydrogen-bond donors (Lipinski definition) is 1. The zero-order chi connectivity index (χ0) is 17.1. The Morgan fingerprint density at radius 2 is 2.08 bits per heavy atom. The van der Waals surface area contributed by atoms with Crippen molar-refractivity contribution in [3.05, 3.63) is 47.2 Å². The van der Waals surface area contributed by atoms with Gasteiger partial charge in [0.2, 0.25) is 0 Å². The fourth-order valence-electron chi connectivity index (χ4n) is 1.96. The highest BCUT2D eigenvalue weighted by Gasteiger charge is 2.10. The van der Waals surface area contributed by atoms with E-state index in [9.17, 15) is 9.18 Å². The molecule has 124 valence electrons. The van der Waals surface area contributed by atoms with Crippen LogP contribution in [-0.4, -0.2) is 24.6 Å². The van der Waals surface area contributed by atoms with Crippen LogP contribution in [0.25, 0.3) is 10.2 Å². The quantitative estimate of drug-likeness (QED) is 0.738. The van der Waals surface area contributed by atoms with Crippen LogP contribution in [0.15, 0.2) is 36.4 Å². The van der Waals surface area contributed by atoms with E-state index in [-0.39, 0.29) is 17.5 Å². The molecule has 24 heavy (non-hydrogen) atoms. The third-order valence-corrected chi connectivity index (χ3v) is 4.33. The standard InChI is InChI=1S/C16H12ClFN2O3S/c1-22-9-3-5-13-14(7-9)24-16(19-13)20-15(21)8-23-10-2-4-12(18)11(17)6-10/h2-7H,8H2,1H3,(H,19,20,21). The number of nitrogens with one attached hydrogen (secondary N) is 1. The maximum absolute atomic E-state index is 13.1. The monoisotopic (exact) mass is 366 g/mol. The number of carbonyl (C=O) groups excluding carboxylic acids is 1. The summed E-state index contributed by atoms with van der Waals surface area (Å²) in [6.45, 7) is -0.235. The van der Waals surface area contributed by atoms with E-state index >= 15 is 0 Å². The van der Waals surface area contributed by atoms with Gasteiger partial charge in [-0.05, 0) is 30.3 Å².